The average Bonchev–Trinajstić information content (AvgIpc) is 3.67. The maximum absolute atomic E-state index is 13.6. The van der Waals surface area contributed by atoms with E-state index in [1.54, 1.807) is 30.5 Å². The van der Waals surface area contributed by atoms with Gasteiger partial charge in [-0.1, -0.05) is 36.7 Å². The van der Waals surface area contributed by atoms with Gasteiger partial charge in [-0.2, -0.15) is 22.9 Å². The molecule has 0 bridgehead atoms. The molecule has 2 aliphatic rings. The number of alkyl halides is 2. The molecule has 0 atom stereocenters. The van der Waals surface area contributed by atoms with Crippen molar-refractivity contribution in [1.82, 2.24) is 14.1 Å². The van der Waals surface area contributed by atoms with Crippen LogP contribution in [0.25, 0.3) is 5.69 Å². The molecule has 0 spiro atoms. The molecule has 41 heavy (non-hydrogen) atoms. The number of nitrogens with zero attached hydrogens (tertiary/aromatic N) is 4. The topological polar surface area (TPSA) is 120 Å². The van der Waals surface area contributed by atoms with Gasteiger partial charge in [0.15, 0.2) is 0 Å². The molecule has 2 fully saturated rings. The molecule has 5 rings (SSSR count). The lowest BCUT2D eigenvalue weighted by Gasteiger charge is -2.36. The first-order valence-electron chi connectivity index (χ1n) is 13.0. The number of aromatic nitrogens is 2. The standard InChI is InChI=1S/C27H30ClF2N5O5S/c1-27(8-9-27)17-39-24-21(15-32-35(25(24)36)20-6-3-5-19(28)14-20)33-10-12-34(13-11-33)41(37,38)16-18-4-2-7-22(23(18)31)40-26(29)30/h2-7,14-15,26H,8-13,16-17,31H2,1H3. The Kier molecular flexibility index (Phi) is 8.13. The minimum atomic E-state index is -3.84. The summed E-state index contributed by atoms with van der Waals surface area (Å²) < 4.78 is 64.8. The summed E-state index contributed by atoms with van der Waals surface area (Å²) >= 11 is 6.13. The Balaban J connectivity index is 1.34. The quantitative estimate of drug-likeness (QED) is 0.344. The molecule has 1 saturated heterocycles. The van der Waals surface area contributed by atoms with Crippen molar-refractivity contribution >= 4 is 33.0 Å². The first-order valence-corrected chi connectivity index (χ1v) is 15.0. The first-order chi connectivity index (χ1) is 19.5. The maximum Gasteiger partial charge on any atom is 0.387 e. The van der Waals surface area contributed by atoms with Crippen molar-refractivity contribution in [2.45, 2.75) is 32.1 Å². The number of anilines is 2. The molecule has 0 unspecified atom stereocenters. The normalized spacial score (nSPS) is 17.0. The summed E-state index contributed by atoms with van der Waals surface area (Å²) in [5.74, 6) is -0.596. The molecule has 3 aromatic rings. The molecular weight excluding hydrogens is 580 g/mol. The smallest absolute Gasteiger partial charge is 0.387 e. The van der Waals surface area contributed by atoms with E-state index in [1.807, 2.05) is 4.90 Å². The molecule has 2 heterocycles. The fourth-order valence-corrected chi connectivity index (χ4v) is 6.33. The number of para-hydroxylation sites is 1. The largest absolute Gasteiger partial charge is 0.486 e. The van der Waals surface area contributed by atoms with Crippen LogP contribution in [-0.2, 0) is 15.8 Å². The van der Waals surface area contributed by atoms with E-state index in [2.05, 4.69) is 16.8 Å². The van der Waals surface area contributed by atoms with Gasteiger partial charge < -0.3 is 20.1 Å². The monoisotopic (exact) mass is 609 g/mol. The minimum Gasteiger partial charge on any atom is -0.486 e. The summed E-state index contributed by atoms with van der Waals surface area (Å²) in [6, 6.07) is 10.9. The van der Waals surface area contributed by atoms with Crippen LogP contribution in [0.15, 0.2) is 53.5 Å². The molecule has 2 N–H and O–H groups in total. The van der Waals surface area contributed by atoms with Crippen molar-refractivity contribution in [3.8, 4) is 17.2 Å². The number of benzene rings is 2. The number of hydrogen-bond donors (Lipinski definition) is 1. The van der Waals surface area contributed by atoms with Crippen LogP contribution in [0, 0.1) is 5.41 Å². The van der Waals surface area contributed by atoms with Crippen LogP contribution in [0.4, 0.5) is 20.2 Å². The molecule has 0 radical (unpaired) electrons. The van der Waals surface area contributed by atoms with Gasteiger partial charge in [0.25, 0.3) is 0 Å². The van der Waals surface area contributed by atoms with Crippen molar-refractivity contribution in [1.29, 1.82) is 0 Å². The van der Waals surface area contributed by atoms with Crippen molar-refractivity contribution < 1.29 is 26.7 Å². The maximum atomic E-state index is 13.6. The molecule has 1 aliphatic heterocycles. The van der Waals surface area contributed by atoms with Crippen LogP contribution in [-0.4, -0.2) is 61.9 Å². The number of halogens is 3. The highest BCUT2D eigenvalue weighted by atomic mass is 35.5. The molecule has 14 heteroatoms. The van der Waals surface area contributed by atoms with Gasteiger partial charge in [-0.25, -0.2) is 8.42 Å². The van der Waals surface area contributed by atoms with E-state index in [9.17, 15) is 22.0 Å². The zero-order chi connectivity index (χ0) is 29.4. The van der Waals surface area contributed by atoms with Gasteiger partial charge >= 0.3 is 12.2 Å². The Bertz CT molecular complexity index is 1590. The highest BCUT2D eigenvalue weighted by molar-refractivity contribution is 7.88. The Hall–Kier alpha value is -3.42. The van der Waals surface area contributed by atoms with E-state index in [0.29, 0.717) is 23.0 Å². The van der Waals surface area contributed by atoms with Gasteiger partial charge in [-0.3, -0.25) is 4.79 Å². The van der Waals surface area contributed by atoms with Gasteiger partial charge in [0.1, 0.15) is 11.4 Å². The number of nitrogens with two attached hydrogens (primary N) is 1. The van der Waals surface area contributed by atoms with E-state index in [0.717, 1.165) is 12.8 Å². The summed E-state index contributed by atoms with van der Waals surface area (Å²) in [6.07, 6.45) is 3.56. The molecule has 10 nitrogen and oxygen atoms in total. The van der Waals surface area contributed by atoms with Crippen LogP contribution in [0.5, 0.6) is 11.5 Å². The molecule has 0 amide bonds. The summed E-state index contributed by atoms with van der Waals surface area (Å²) in [5, 5.41) is 4.82. The van der Waals surface area contributed by atoms with Gasteiger partial charge in [0, 0.05) is 36.6 Å². The predicted octanol–water partition coefficient (Wildman–Crippen LogP) is 3.90. The Morgan fingerprint density at radius 3 is 2.49 bits per heavy atom. The highest BCUT2D eigenvalue weighted by Crippen LogP contribution is 2.45. The number of sulfonamides is 1. The van der Waals surface area contributed by atoms with Crippen molar-refractivity contribution in [2.75, 3.05) is 43.4 Å². The number of nitrogen functional groups attached to an aromatic ring is 1. The van der Waals surface area contributed by atoms with Crippen LogP contribution < -0.4 is 25.7 Å². The van der Waals surface area contributed by atoms with Crippen LogP contribution >= 0.6 is 11.6 Å². The SMILES string of the molecule is CC1(COc2c(N3CCN(S(=O)(=O)Cc4cccc(OC(F)F)c4N)CC3)cnn(-c3cccc(Cl)c3)c2=O)CC1. The molecule has 1 aromatic heterocycles. The third-order valence-corrected chi connectivity index (χ3v) is 9.38. The van der Waals surface area contributed by atoms with E-state index in [-0.39, 0.29) is 54.3 Å². The lowest BCUT2D eigenvalue weighted by atomic mass is 10.2. The fourth-order valence-electron chi connectivity index (χ4n) is 4.60. The molecule has 2 aromatic carbocycles. The molecular formula is C27H30ClF2N5O5S. The summed E-state index contributed by atoms with van der Waals surface area (Å²) in [5.41, 5.74) is 6.49. The molecule has 1 aliphatic carbocycles. The predicted molar refractivity (Wildman–Crippen MR) is 152 cm³/mol. The fraction of sp³-hybridized carbons (Fsp3) is 0.407. The lowest BCUT2D eigenvalue weighted by Crippen LogP contribution is -2.49. The summed E-state index contributed by atoms with van der Waals surface area (Å²) in [6.45, 7) is 0.195. The van der Waals surface area contributed by atoms with Gasteiger partial charge in [-0.05, 0) is 42.7 Å². The second-order valence-electron chi connectivity index (χ2n) is 10.5. The lowest BCUT2D eigenvalue weighted by molar-refractivity contribution is -0.0493. The van der Waals surface area contributed by atoms with Crippen molar-refractivity contribution in [3.05, 3.63) is 69.6 Å². The third-order valence-electron chi connectivity index (χ3n) is 7.32. The summed E-state index contributed by atoms with van der Waals surface area (Å²) in [7, 11) is -3.84. The van der Waals surface area contributed by atoms with Crippen LogP contribution in [0.1, 0.15) is 25.3 Å². The number of ether oxygens (including phenoxy) is 2. The van der Waals surface area contributed by atoms with Gasteiger partial charge in [0.05, 0.1) is 29.9 Å². The second-order valence-corrected chi connectivity index (χ2v) is 12.9. The minimum absolute atomic E-state index is 0.0140. The number of hydrogen-bond acceptors (Lipinski definition) is 8. The number of rotatable bonds is 10. The summed E-state index contributed by atoms with van der Waals surface area (Å²) in [4.78, 5) is 15.4. The van der Waals surface area contributed by atoms with Gasteiger partial charge in [-0.15, -0.1) is 0 Å². The highest BCUT2D eigenvalue weighted by Gasteiger charge is 2.39. The van der Waals surface area contributed by atoms with Crippen LogP contribution in [0.3, 0.4) is 0 Å². The van der Waals surface area contributed by atoms with Crippen LogP contribution in [0.2, 0.25) is 5.02 Å². The Morgan fingerprint density at radius 1 is 1.12 bits per heavy atom. The van der Waals surface area contributed by atoms with Crippen molar-refractivity contribution in [2.24, 2.45) is 5.41 Å². The van der Waals surface area contributed by atoms with E-state index in [1.165, 1.54) is 27.2 Å². The van der Waals surface area contributed by atoms with E-state index >= 15 is 0 Å². The third kappa shape index (κ3) is 6.57. The van der Waals surface area contributed by atoms with E-state index < -0.39 is 27.9 Å². The average molecular weight is 610 g/mol. The first kappa shape index (κ1) is 29.1. The molecule has 1 saturated carbocycles. The zero-order valence-electron chi connectivity index (χ0n) is 22.3. The zero-order valence-corrected chi connectivity index (χ0v) is 23.9. The number of piperazine rings is 1. The van der Waals surface area contributed by atoms with E-state index in [4.69, 9.17) is 22.1 Å². The van der Waals surface area contributed by atoms with Crippen molar-refractivity contribution in [3.63, 3.8) is 0 Å². The Labute approximate surface area is 241 Å². The van der Waals surface area contributed by atoms with Gasteiger partial charge in [0.2, 0.25) is 15.8 Å². The Morgan fingerprint density at radius 2 is 1.83 bits per heavy atom. The molecule has 220 valence electrons. The second kappa shape index (κ2) is 11.5.